The molecule has 1 fully saturated rings. The molecule has 200 valence electrons. The van der Waals surface area contributed by atoms with Crippen molar-refractivity contribution in [3.05, 3.63) is 39.5 Å². The maximum Gasteiger partial charge on any atom is 0.387 e. The number of hydrogen-bond donors (Lipinski definition) is 4. The molecule has 0 spiro atoms. The van der Waals surface area contributed by atoms with Crippen LogP contribution in [0.3, 0.4) is 0 Å². The highest BCUT2D eigenvalue weighted by Crippen LogP contribution is 2.32. The third kappa shape index (κ3) is 8.00. The fourth-order valence-corrected chi connectivity index (χ4v) is 4.24. The van der Waals surface area contributed by atoms with E-state index in [1.54, 1.807) is 6.92 Å². The number of nitrogens with zero attached hydrogens (tertiary/aromatic N) is 1. The van der Waals surface area contributed by atoms with Crippen LogP contribution in [0.4, 0.5) is 25.0 Å². The zero-order chi connectivity index (χ0) is 26.9. The smallest absolute Gasteiger partial charge is 0.387 e. The number of urea groups is 1. The van der Waals surface area contributed by atoms with E-state index < -0.39 is 36.2 Å². The van der Waals surface area contributed by atoms with Crippen LogP contribution in [-0.4, -0.2) is 69.3 Å². The van der Waals surface area contributed by atoms with Crippen molar-refractivity contribution in [2.75, 3.05) is 43.1 Å². The van der Waals surface area contributed by atoms with E-state index >= 15 is 0 Å². The molecular weight excluding hydrogens is 536 g/mol. The average molecular weight is 560 g/mol. The molecule has 1 saturated heterocycles. The summed E-state index contributed by atoms with van der Waals surface area (Å²) in [7, 11) is 0. The normalized spacial score (nSPS) is 14.2. The SMILES string of the molecule is CCNC(=O)N[C@H](CNC(=O)c1ccc(Cl)s1)C(=O)Nc1ccc(N2CCOCC2=O)cc1OC(F)F. The Balaban J connectivity index is 1.78. The number of hydrogen-bond acceptors (Lipinski definition) is 7. The van der Waals surface area contributed by atoms with Gasteiger partial charge in [0.25, 0.3) is 11.8 Å². The highest BCUT2D eigenvalue weighted by atomic mass is 35.5. The maximum absolute atomic E-state index is 13.1. The molecule has 3 rings (SSSR count). The first-order chi connectivity index (χ1) is 17.7. The molecule has 1 aliphatic rings. The lowest BCUT2D eigenvalue weighted by molar-refractivity contribution is -0.125. The second kappa shape index (κ2) is 13.2. The molecule has 1 atom stereocenters. The molecule has 1 aliphatic heterocycles. The Morgan fingerprint density at radius 1 is 1.22 bits per heavy atom. The number of halogens is 3. The Kier molecular flexibility index (Phi) is 10.00. The highest BCUT2D eigenvalue weighted by molar-refractivity contribution is 7.18. The van der Waals surface area contributed by atoms with Crippen LogP contribution in [0.1, 0.15) is 16.6 Å². The summed E-state index contributed by atoms with van der Waals surface area (Å²) in [6, 6.07) is 5.02. The van der Waals surface area contributed by atoms with Crippen molar-refractivity contribution < 1.29 is 37.4 Å². The molecule has 4 N–H and O–H groups in total. The Morgan fingerprint density at radius 2 is 2.00 bits per heavy atom. The molecule has 0 unspecified atom stereocenters. The lowest BCUT2D eigenvalue weighted by Crippen LogP contribution is -2.53. The van der Waals surface area contributed by atoms with Gasteiger partial charge in [-0.2, -0.15) is 8.78 Å². The first-order valence-electron chi connectivity index (χ1n) is 11.0. The van der Waals surface area contributed by atoms with Gasteiger partial charge in [0.2, 0.25) is 5.91 Å². The van der Waals surface area contributed by atoms with Gasteiger partial charge in [0.1, 0.15) is 12.6 Å². The molecule has 0 radical (unpaired) electrons. The number of carbonyl (C=O) groups excluding carboxylic acids is 4. The quantitative estimate of drug-likeness (QED) is 0.353. The Hall–Kier alpha value is -3.49. The van der Waals surface area contributed by atoms with Crippen molar-refractivity contribution in [2.45, 2.75) is 19.6 Å². The second-order valence-corrected chi connectivity index (χ2v) is 9.23. The number of thiophene rings is 1. The summed E-state index contributed by atoms with van der Waals surface area (Å²) in [5, 5.41) is 9.86. The molecule has 0 bridgehead atoms. The molecule has 1 aromatic carbocycles. The minimum Gasteiger partial charge on any atom is -0.433 e. The fourth-order valence-electron chi connectivity index (χ4n) is 3.28. The van der Waals surface area contributed by atoms with Crippen molar-refractivity contribution in [1.29, 1.82) is 0 Å². The van der Waals surface area contributed by atoms with Crippen LogP contribution in [0.25, 0.3) is 0 Å². The zero-order valence-electron chi connectivity index (χ0n) is 19.5. The minimum atomic E-state index is -3.22. The Labute approximate surface area is 219 Å². The number of rotatable bonds is 10. The predicted octanol–water partition coefficient (Wildman–Crippen LogP) is 2.42. The van der Waals surface area contributed by atoms with Gasteiger partial charge >= 0.3 is 12.6 Å². The number of nitrogens with one attached hydrogen (secondary N) is 4. The van der Waals surface area contributed by atoms with Crippen LogP contribution in [0.5, 0.6) is 5.75 Å². The fraction of sp³-hybridized carbons (Fsp3) is 0.364. The van der Waals surface area contributed by atoms with E-state index in [0.717, 1.165) is 11.3 Å². The second-order valence-electron chi connectivity index (χ2n) is 7.52. The van der Waals surface area contributed by atoms with Crippen LogP contribution in [-0.2, 0) is 14.3 Å². The van der Waals surface area contributed by atoms with Gasteiger partial charge in [0, 0.05) is 31.4 Å². The molecule has 15 heteroatoms. The molecule has 11 nitrogen and oxygen atoms in total. The van der Waals surface area contributed by atoms with Gasteiger partial charge in [0.05, 0.1) is 21.5 Å². The van der Waals surface area contributed by atoms with Gasteiger partial charge < -0.3 is 35.6 Å². The lowest BCUT2D eigenvalue weighted by Gasteiger charge is -2.27. The summed E-state index contributed by atoms with van der Waals surface area (Å²) in [6.45, 7) is -1.26. The monoisotopic (exact) mass is 559 g/mol. The first kappa shape index (κ1) is 28.1. The number of alkyl halides is 2. The zero-order valence-corrected chi connectivity index (χ0v) is 21.1. The molecule has 2 aromatic rings. The topological polar surface area (TPSA) is 138 Å². The number of amides is 5. The predicted molar refractivity (Wildman–Crippen MR) is 133 cm³/mol. The van der Waals surface area contributed by atoms with E-state index in [0.29, 0.717) is 9.21 Å². The van der Waals surface area contributed by atoms with E-state index in [1.165, 1.54) is 35.2 Å². The summed E-state index contributed by atoms with van der Waals surface area (Å²) in [6.07, 6.45) is 0. The highest BCUT2D eigenvalue weighted by Gasteiger charge is 2.26. The molecule has 1 aromatic heterocycles. The largest absolute Gasteiger partial charge is 0.433 e. The van der Waals surface area contributed by atoms with Crippen LogP contribution < -0.4 is 30.9 Å². The first-order valence-corrected chi connectivity index (χ1v) is 12.2. The third-order valence-corrected chi connectivity index (χ3v) is 6.19. The van der Waals surface area contributed by atoms with Gasteiger partial charge in [-0.25, -0.2) is 4.79 Å². The third-order valence-electron chi connectivity index (χ3n) is 4.96. The molecule has 37 heavy (non-hydrogen) atoms. The number of anilines is 2. The van der Waals surface area contributed by atoms with Crippen LogP contribution >= 0.6 is 22.9 Å². The summed E-state index contributed by atoms with van der Waals surface area (Å²) in [4.78, 5) is 51.3. The molecule has 0 saturated carbocycles. The number of ether oxygens (including phenoxy) is 2. The van der Waals surface area contributed by atoms with E-state index in [2.05, 4.69) is 26.0 Å². The van der Waals surface area contributed by atoms with Crippen molar-refractivity contribution in [1.82, 2.24) is 16.0 Å². The van der Waals surface area contributed by atoms with Crippen molar-refractivity contribution in [2.24, 2.45) is 0 Å². The van der Waals surface area contributed by atoms with Crippen molar-refractivity contribution >= 4 is 58.1 Å². The molecule has 5 amide bonds. The Bertz CT molecular complexity index is 1150. The molecular formula is C22H24ClF2N5O6S. The van der Waals surface area contributed by atoms with Gasteiger partial charge in [-0.05, 0) is 31.2 Å². The van der Waals surface area contributed by atoms with Crippen LogP contribution in [0, 0.1) is 0 Å². The van der Waals surface area contributed by atoms with Gasteiger partial charge in [-0.15, -0.1) is 11.3 Å². The Morgan fingerprint density at radius 3 is 2.65 bits per heavy atom. The van der Waals surface area contributed by atoms with E-state index in [1.807, 2.05) is 0 Å². The number of morpholine rings is 1. The maximum atomic E-state index is 13.1. The number of carbonyl (C=O) groups is 4. The van der Waals surface area contributed by atoms with Gasteiger partial charge in [0.15, 0.2) is 5.75 Å². The summed E-state index contributed by atoms with van der Waals surface area (Å²) < 4.78 is 36.3. The van der Waals surface area contributed by atoms with Crippen LogP contribution in [0.15, 0.2) is 30.3 Å². The summed E-state index contributed by atoms with van der Waals surface area (Å²) in [5.74, 6) is -2.09. The van der Waals surface area contributed by atoms with Crippen LogP contribution in [0.2, 0.25) is 4.34 Å². The van der Waals surface area contributed by atoms with Crippen molar-refractivity contribution in [3.8, 4) is 5.75 Å². The van der Waals surface area contributed by atoms with Gasteiger partial charge in [-0.1, -0.05) is 11.6 Å². The van der Waals surface area contributed by atoms with Gasteiger partial charge in [-0.3, -0.25) is 14.4 Å². The molecule has 2 heterocycles. The minimum absolute atomic E-state index is 0.131. The van der Waals surface area contributed by atoms with E-state index in [9.17, 15) is 28.0 Å². The van der Waals surface area contributed by atoms with E-state index in [4.69, 9.17) is 16.3 Å². The van der Waals surface area contributed by atoms with Crippen molar-refractivity contribution in [3.63, 3.8) is 0 Å². The van der Waals surface area contributed by atoms with E-state index in [-0.39, 0.29) is 50.1 Å². The lowest BCUT2D eigenvalue weighted by atomic mass is 10.2. The number of benzene rings is 1. The summed E-state index contributed by atoms with van der Waals surface area (Å²) >= 11 is 6.88. The molecule has 0 aliphatic carbocycles. The average Bonchev–Trinajstić information content (AvgIpc) is 3.29. The standard InChI is InChI=1S/C22H24ClF2N5O6S/c1-2-26-22(34)29-14(10-27-20(33)16-5-6-17(23)37-16)19(32)28-13-4-3-12(9-15(13)36-21(24)25)30-7-8-35-11-18(30)31/h3-6,9,14,21H,2,7-8,10-11H2,1H3,(H,27,33)(H,28,32)(H2,26,29,34)/t14-/m1/s1. The summed E-state index contributed by atoms with van der Waals surface area (Å²) in [5.41, 5.74) is 0.148.